The Morgan fingerprint density at radius 3 is 2.82 bits per heavy atom. The van der Waals surface area contributed by atoms with Gasteiger partial charge in [-0.25, -0.2) is 18.1 Å². The van der Waals surface area contributed by atoms with Crippen LogP contribution in [0.5, 0.6) is 0 Å². The fraction of sp³-hybridized carbons (Fsp3) is 0.333. The zero-order chi connectivity index (χ0) is 12.9. The van der Waals surface area contributed by atoms with Crippen molar-refractivity contribution in [2.75, 3.05) is 18.9 Å². The molecule has 0 atom stereocenters. The molecule has 1 aromatic rings. The molecule has 17 heavy (non-hydrogen) atoms. The van der Waals surface area contributed by atoms with Crippen molar-refractivity contribution >= 4 is 21.6 Å². The maximum Gasteiger partial charge on any atom is 0.260 e. The summed E-state index contributed by atoms with van der Waals surface area (Å²) in [5.41, 5.74) is 5.30. The molecule has 1 amide bonds. The lowest BCUT2D eigenvalue weighted by atomic mass is 10.4. The molecule has 1 rings (SSSR count). The number of nitrogens with one attached hydrogen (secondary N) is 2. The summed E-state index contributed by atoms with van der Waals surface area (Å²) < 4.78 is 25.9. The first-order valence-corrected chi connectivity index (χ1v) is 6.36. The summed E-state index contributed by atoms with van der Waals surface area (Å²) in [5, 5.41) is 2.62. The van der Waals surface area contributed by atoms with Gasteiger partial charge in [-0.3, -0.25) is 4.79 Å². The number of nitrogens with zero attached hydrogens (tertiary/aromatic N) is 1. The number of hydrogen-bond acceptors (Lipinski definition) is 5. The van der Waals surface area contributed by atoms with E-state index in [1.165, 1.54) is 6.20 Å². The summed E-state index contributed by atoms with van der Waals surface area (Å²) in [4.78, 5) is 14.3. The number of sulfonamides is 1. The van der Waals surface area contributed by atoms with Crippen molar-refractivity contribution in [2.45, 2.75) is 11.4 Å². The Morgan fingerprint density at radius 2 is 2.24 bits per heavy atom. The summed E-state index contributed by atoms with van der Waals surface area (Å²) in [6, 6.07) is 3.21. The normalized spacial score (nSPS) is 11.1. The lowest BCUT2D eigenvalue weighted by Crippen LogP contribution is -2.29. The van der Waals surface area contributed by atoms with Crippen molar-refractivity contribution in [3.05, 3.63) is 18.3 Å². The summed E-state index contributed by atoms with van der Waals surface area (Å²) >= 11 is 0. The molecule has 0 saturated heterocycles. The van der Waals surface area contributed by atoms with Gasteiger partial charge in [0.2, 0.25) is 5.91 Å². The van der Waals surface area contributed by atoms with E-state index < -0.39 is 15.9 Å². The maximum atomic E-state index is 11.8. The maximum absolute atomic E-state index is 11.8. The van der Waals surface area contributed by atoms with Gasteiger partial charge in [-0.2, -0.15) is 0 Å². The molecule has 0 spiro atoms. The van der Waals surface area contributed by atoms with Crippen LogP contribution in [0.25, 0.3) is 0 Å². The van der Waals surface area contributed by atoms with Crippen LogP contribution < -0.4 is 15.8 Å². The minimum atomic E-state index is -3.73. The van der Waals surface area contributed by atoms with Crippen molar-refractivity contribution in [2.24, 2.45) is 5.73 Å². The third-order valence-electron chi connectivity index (χ3n) is 1.96. The predicted molar refractivity (Wildman–Crippen MR) is 62.8 cm³/mol. The number of carbonyl (C=O) groups excluding carboxylic acids is 1. The van der Waals surface area contributed by atoms with Crippen LogP contribution in [-0.4, -0.2) is 32.9 Å². The van der Waals surface area contributed by atoms with Gasteiger partial charge in [0, 0.05) is 26.2 Å². The quantitative estimate of drug-likeness (QED) is 0.623. The van der Waals surface area contributed by atoms with Crippen LogP contribution in [0.1, 0.15) is 6.42 Å². The van der Waals surface area contributed by atoms with Crippen molar-refractivity contribution in [3.8, 4) is 0 Å². The van der Waals surface area contributed by atoms with Crippen molar-refractivity contribution in [1.29, 1.82) is 0 Å². The van der Waals surface area contributed by atoms with E-state index in [9.17, 15) is 13.2 Å². The molecule has 0 aromatic carbocycles. The first-order chi connectivity index (χ1) is 7.97. The average Bonchev–Trinajstić information content (AvgIpc) is 2.28. The molecule has 0 bridgehead atoms. The Balaban J connectivity index is 2.86. The third-order valence-corrected chi connectivity index (χ3v) is 3.38. The molecule has 1 aromatic heterocycles. The molecule has 7 nitrogen and oxygen atoms in total. The van der Waals surface area contributed by atoms with Crippen LogP contribution in [0.15, 0.2) is 23.4 Å². The Kier molecular flexibility index (Phi) is 4.41. The molecule has 8 heteroatoms. The molecule has 0 saturated carbocycles. The molecule has 0 fully saturated rings. The second-order valence-electron chi connectivity index (χ2n) is 3.22. The van der Waals surface area contributed by atoms with E-state index in [1.807, 2.05) is 0 Å². The molecular weight excluding hydrogens is 244 g/mol. The third kappa shape index (κ3) is 3.68. The fourth-order valence-corrected chi connectivity index (χ4v) is 2.34. The number of aromatic nitrogens is 1. The lowest BCUT2D eigenvalue weighted by molar-refractivity contribution is -0.117. The molecule has 0 aliphatic carbocycles. The number of carbonyl (C=O) groups is 1. The Morgan fingerprint density at radius 1 is 1.53 bits per heavy atom. The fourth-order valence-electron chi connectivity index (χ4n) is 1.17. The van der Waals surface area contributed by atoms with Crippen LogP contribution in [0, 0.1) is 0 Å². The Labute approximate surface area is 99.5 Å². The number of pyridine rings is 1. The van der Waals surface area contributed by atoms with E-state index in [4.69, 9.17) is 5.73 Å². The molecule has 0 aliphatic rings. The SMILES string of the molecule is CNc1cccnc1S(=O)(=O)NCCC(N)=O. The van der Waals surface area contributed by atoms with Crippen LogP contribution in [0.3, 0.4) is 0 Å². The minimum Gasteiger partial charge on any atom is -0.386 e. The van der Waals surface area contributed by atoms with Crippen molar-refractivity contribution in [3.63, 3.8) is 0 Å². The van der Waals surface area contributed by atoms with E-state index >= 15 is 0 Å². The number of hydrogen-bond donors (Lipinski definition) is 3. The first kappa shape index (κ1) is 13.4. The summed E-state index contributed by atoms with van der Waals surface area (Å²) in [5.74, 6) is -0.567. The summed E-state index contributed by atoms with van der Waals surface area (Å²) in [7, 11) is -2.13. The lowest BCUT2D eigenvalue weighted by Gasteiger charge is -2.09. The van der Waals surface area contributed by atoms with Gasteiger partial charge < -0.3 is 11.1 Å². The van der Waals surface area contributed by atoms with Crippen molar-refractivity contribution in [1.82, 2.24) is 9.71 Å². The highest BCUT2D eigenvalue weighted by Crippen LogP contribution is 2.16. The predicted octanol–water partition coefficient (Wildman–Crippen LogP) is -0.723. The molecular formula is C9H14N4O3S. The van der Waals surface area contributed by atoms with Crippen LogP contribution in [-0.2, 0) is 14.8 Å². The zero-order valence-electron chi connectivity index (χ0n) is 9.30. The monoisotopic (exact) mass is 258 g/mol. The summed E-state index contributed by atoms with van der Waals surface area (Å²) in [6.07, 6.45) is 1.32. The van der Waals surface area contributed by atoms with Gasteiger partial charge in [0.1, 0.15) is 0 Å². The number of amides is 1. The second kappa shape index (κ2) is 5.60. The highest BCUT2D eigenvalue weighted by Gasteiger charge is 2.19. The van der Waals surface area contributed by atoms with Crippen LogP contribution >= 0.6 is 0 Å². The Hall–Kier alpha value is -1.67. The van der Waals surface area contributed by atoms with Gasteiger partial charge >= 0.3 is 0 Å². The molecule has 0 radical (unpaired) electrons. The molecule has 4 N–H and O–H groups in total. The number of nitrogens with two attached hydrogens (primary N) is 1. The van der Waals surface area contributed by atoms with E-state index in [1.54, 1.807) is 19.2 Å². The number of rotatable bonds is 6. The van der Waals surface area contributed by atoms with Crippen LogP contribution in [0.4, 0.5) is 5.69 Å². The van der Waals surface area contributed by atoms with E-state index in [2.05, 4.69) is 15.0 Å². The average molecular weight is 258 g/mol. The standard InChI is InChI=1S/C9H14N4O3S/c1-11-7-3-2-5-12-9(7)17(15,16)13-6-4-8(10)14/h2-3,5,11,13H,4,6H2,1H3,(H2,10,14). The van der Waals surface area contributed by atoms with Gasteiger partial charge in [0.15, 0.2) is 5.03 Å². The second-order valence-corrected chi connectivity index (χ2v) is 4.90. The van der Waals surface area contributed by atoms with E-state index in [0.717, 1.165) is 0 Å². The van der Waals surface area contributed by atoms with Gasteiger partial charge in [-0.15, -0.1) is 0 Å². The zero-order valence-corrected chi connectivity index (χ0v) is 10.1. The number of anilines is 1. The molecule has 1 heterocycles. The van der Waals surface area contributed by atoms with Gasteiger partial charge in [0.05, 0.1) is 5.69 Å². The van der Waals surface area contributed by atoms with Gasteiger partial charge in [0.25, 0.3) is 10.0 Å². The Bertz CT molecular complexity index is 501. The van der Waals surface area contributed by atoms with Gasteiger partial charge in [-0.1, -0.05) is 0 Å². The van der Waals surface area contributed by atoms with E-state index in [-0.39, 0.29) is 18.0 Å². The summed E-state index contributed by atoms with van der Waals surface area (Å²) in [6.45, 7) is -0.0443. The minimum absolute atomic E-state index is 0.0443. The first-order valence-electron chi connectivity index (χ1n) is 4.88. The number of primary amides is 1. The van der Waals surface area contributed by atoms with Crippen molar-refractivity contribution < 1.29 is 13.2 Å². The highest BCUT2D eigenvalue weighted by molar-refractivity contribution is 7.89. The smallest absolute Gasteiger partial charge is 0.260 e. The van der Waals surface area contributed by atoms with Crippen LogP contribution in [0.2, 0.25) is 0 Å². The largest absolute Gasteiger partial charge is 0.386 e. The highest BCUT2D eigenvalue weighted by atomic mass is 32.2. The topological polar surface area (TPSA) is 114 Å². The molecule has 94 valence electrons. The van der Waals surface area contributed by atoms with Gasteiger partial charge in [-0.05, 0) is 12.1 Å². The molecule has 0 unspecified atom stereocenters. The van der Waals surface area contributed by atoms with E-state index in [0.29, 0.717) is 5.69 Å². The molecule has 0 aliphatic heterocycles.